The maximum Gasteiger partial charge on any atom is 0.0893 e. The van der Waals surface area contributed by atoms with E-state index < -0.39 is 0 Å². The van der Waals surface area contributed by atoms with Gasteiger partial charge in [-0.05, 0) is 70.1 Å². The van der Waals surface area contributed by atoms with Crippen LogP contribution in [0.15, 0.2) is 101 Å². The van der Waals surface area contributed by atoms with Gasteiger partial charge in [-0.3, -0.25) is 19.9 Å². The van der Waals surface area contributed by atoms with Crippen LogP contribution in [0.4, 0.5) is 0 Å². The molecule has 0 radical (unpaired) electrons. The molecule has 0 atom stereocenters. The average molecular weight is 509 g/mol. The third-order valence-corrected chi connectivity index (χ3v) is 11.5. The summed E-state index contributed by atoms with van der Waals surface area (Å²) in [6.45, 7) is 0. The molecule has 0 amide bonds. The van der Waals surface area contributed by atoms with Crippen molar-refractivity contribution in [2.75, 3.05) is 0 Å². The third-order valence-electron chi connectivity index (χ3n) is 5.96. The second kappa shape index (κ2) is 7.36. The highest BCUT2D eigenvalue weighted by Gasteiger charge is 2.27. The predicted octanol–water partition coefficient (Wildman–Crippen LogP) is 8.10. The first-order chi connectivity index (χ1) is 16.8. The van der Waals surface area contributed by atoms with Gasteiger partial charge in [0.05, 0.1) is 30.5 Å². The molecule has 8 heteroatoms. The number of fused-ring (bicyclic) bond motifs is 6. The van der Waals surface area contributed by atoms with E-state index in [1.165, 1.54) is 49.6 Å². The second-order valence-electron chi connectivity index (χ2n) is 8.07. The van der Waals surface area contributed by atoms with Crippen molar-refractivity contribution in [1.29, 1.82) is 0 Å². The van der Waals surface area contributed by atoms with E-state index in [1.54, 1.807) is 24.8 Å². The van der Waals surface area contributed by atoms with Crippen LogP contribution < -0.4 is 0 Å². The van der Waals surface area contributed by atoms with Crippen LogP contribution in [0.5, 0.6) is 0 Å². The van der Waals surface area contributed by atoms with Crippen molar-refractivity contribution in [2.24, 2.45) is 0 Å². The molecule has 0 N–H and O–H groups in total. The van der Waals surface area contributed by atoms with Crippen LogP contribution in [0.25, 0.3) is 43.6 Å². The highest BCUT2D eigenvalue weighted by atomic mass is 32.2. The molecule has 2 aliphatic rings. The number of hydrogen-bond donors (Lipinski definition) is 0. The predicted molar refractivity (Wildman–Crippen MR) is 145 cm³/mol. The molecule has 2 aliphatic heterocycles. The van der Waals surface area contributed by atoms with Gasteiger partial charge in [-0.15, -0.1) is 0 Å². The Labute approximate surface area is 211 Å². The highest BCUT2D eigenvalue weighted by molar-refractivity contribution is 8.30. The van der Waals surface area contributed by atoms with Crippen LogP contribution in [0.3, 0.4) is 0 Å². The minimum absolute atomic E-state index is 0.937. The summed E-state index contributed by atoms with van der Waals surface area (Å²) in [4.78, 5) is 23.1. The molecule has 2 aromatic heterocycles. The maximum atomic E-state index is 4.47. The molecular weight excluding hydrogens is 497 g/mol. The van der Waals surface area contributed by atoms with E-state index in [1.807, 2.05) is 47.0 Å². The zero-order valence-electron chi connectivity index (χ0n) is 17.4. The Morgan fingerprint density at radius 1 is 0.353 bits per heavy atom. The van der Waals surface area contributed by atoms with E-state index in [2.05, 4.69) is 68.5 Å². The molecule has 34 heavy (non-hydrogen) atoms. The zero-order chi connectivity index (χ0) is 22.2. The third kappa shape index (κ3) is 3.06. The van der Waals surface area contributed by atoms with E-state index in [4.69, 9.17) is 0 Å². The lowest BCUT2D eigenvalue weighted by atomic mass is 10.1. The minimum atomic E-state index is 0.937. The van der Waals surface area contributed by atoms with Crippen molar-refractivity contribution in [2.45, 2.75) is 19.6 Å². The number of hydrogen-bond acceptors (Lipinski definition) is 8. The van der Waals surface area contributed by atoms with E-state index in [0.29, 0.717) is 0 Å². The summed E-state index contributed by atoms with van der Waals surface area (Å²) in [6.07, 6.45) is 7.00. The van der Waals surface area contributed by atoms with Gasteiger partial charge in [-0.25, -0.2) is 0 Å². The molecule has 0 spiro atoms. The molecule has 0 aliphatic carbocycles. The summed E-state index contributed by atoms with van der Waals surface area (Å²) in [5, 5.41) is 4.84. The van der Waals surface area contributed by atoms with Crippen molar-refractivity contribution >= 4 is 90.7 Å². The van der Waals surface area contributed by atoms with Crippen molar-refractivity contribution in [3.8, 4) is 0 Å². The molecule has 8 rings (SSSR count). The average Bonchev–Trinajstić information content (AvgIpc) is 3.46. The van der Waals surface area contributed by atoms with Crippen LogP contribution >= 0.6 is 47.0 Å². The summed E-state index contributed by atoms with van der Waals surface area (Å²) in [7, 11) is 0. The number of benzene rings is 4. The molecule has 0 fully saturated rings. The van der Waals surface area contributed by atoms with Crippen molar-refractivity contribution < 1.29 is 0 Å². The zero-order valence-corrected chi connectivity index (χ0v) is 20.6. The Morgan fingerprint density at radius 2 is 0.618 bits per heavy atom. The fourth-order valence-corrected chi connectivity index (χ4v) is 9.79. The van der Waals surface area contributed by atoms with Gasteiger partial charge in [0.1, 0.15) is 0 Å². The van der Waals surface area contributed by atoms with E-state index >= 15 is 0 Å². The van der Waals surface area contributed by atoms with E-state index in [9.17, 15) is 0 Å². The van der Waals surface area contributed by atoms with Crippen LogP contribution in [0.1, 0.15) is 0 Å². The summed E-state index contributed by atoms with van der Waals surface area (Å²) in [6, 6.07) is 17.7. The molecule has 4 nitrogen and oxygen atoms in total. The van der Waals surface area contributed by atoms with Gasteiger partial charge in [0.15, 0.2) is 0 Å². The molecule has 4 aromatic carbocycles. The molecular formula is C26H12N4S4. The van der Waals surface area contributed by atoms with Gasteiger partial charge in [-0.1, -0.05) is 47.0 Å². The normalized spacial score (nSPS) is 15.1. The Morgan fingerprint density at radius 3 is 0.882 bits per heavy atom. The summed E-state index contributed by atoms with van der Waals surface area (Å²) in [5.74, 6) is 0. The lowest BCUT2D eigenvalue weighted by Crippen LogP contribution is -1.83. The SMILES string of the molecule is c1cnc2cc3cc4c(cc3cc2n1)SC(=C1Sc2cc3cc5nccnc5cc3cc2S1)S4. The standard InChI is InChI=1S/C26H12N4S4/c1-2-28-18-6-14-10-22-21(9-13(14)5-17(18)27-1)31-25(32-22)26-33-23-11-15-7-19-20(30-4-3-29-19)8-16(15)12-24(23)34-26/h1-12H. The van der Waals surface area contributed by atoms with Gasteiger partial charge in [0.25, 0.3) is 0 Å². The van der Waals surface area contributed by atoms with Crippen LogP contribution in [0.2, 0.25) is 0 Å². The van der Waals surface area contributed by atoms with Gasteiger partial charge >= 0.3 is 0 Å². The number of nitrogens with zero attached hydrogens (tertiary/aromatic N) is 4. The van der Waals surface area contributed by atoms with Crippen LogP contribution in [-0.4, -0.2) is 19.9 Å². The Bertz CT molecular complexity index is 1610. The first-order valence-electron chi connectivity index (χ1n) is 10.6. The number of rotatable bonds is 0. The summed E-state index contributed by atoms with van der Waals surface area (Å²) < 4.78 is 2.71. The van der Waals surface area contributed by atoms with Gasteiger partial charge < -0.3 is 0 Å². The summed E-state index contributed by atoms with van der Waals surface area (Å²) >= 11 is 7.50. The molecule has 4 heterocycles. The Balaban J connectivity index is 1.18. The van der Waals surface area contributed by atoms with E-state index in [-0.39, 0.29) is 0 Å². The minimum Gasteiger partial charge on any atom is -0.253 e. The molecule has 6 aromatic rings. The molecule has 0 saturated carbocycles. The quantitative estimate of drug-likeness (QED) is 0.191. The molecule has 160 valence electrons. The summed E-state index contributed by atoms with van der Waals surface area (Å²) in [5.41, 5.74) is 3.75. The fourth-order valence-electron chi connectivity index (χ4n) is 4.36. The van der Waals surface area contributed by atoms with Crippen LogP contribution in [0, 0.1) is 0 Å². The monoisotopic (exact) mass is 508 g/mol. The lowest BCUT2D eigenvalue weighted by Gasteiger charge is -2.03. The van der Waals surface area contributed by atoms with E-state index in [0.717, 1.165) is 22.1 Å². The highest BCUT2D eigenvalue weighted by Crippen LogP contribution is 2.62. The number of thioether (sulfide) groups is 4. The molecule has 0 saturated heterocycles. The Hall–Kier alpha value is -2.78. The number of aromatic nitrogens is 4. The fraction of sp³-hybridized carbons (Fsp3) is 0. The second-order valence-corrected chi connectivity index (χ2v) is 12.8. The van der Waals surface area contributed by atoms with Gasteiger partial charge in [-0.2, -0.15) is 0 Å². The smallest absolute Gasteiger partial charge is 0.0893 e. The molecule has 0 bridgehead atoms. The first-order valence-corrected chi connectivity index (χ1v) is 13.9. The first kappa shape index (κ1) is 19.5. The van der Waals surface area contributed by atoms with Crippen molar-refractivity contribution in [3.05, 3.63) is 81.8 Å². The lowest BCUT2D eigenvalue weighted by molar-refractivity contribution is 1.28. The van der Waals surface area contributed by atoms with Crippen LogP contribution in [-0.2, 0) is 0 Å². The largest absolute Gasteiger partial charge is 0.253 e. The molecule has 0 unspecified atom stereocenters. The maximum absolute atomic E-state index is 4.47. The van der Waals surface area contributed by atoms with Gasteiger partial charge in [0.2, 0.25) is 0 Å². The van der Waals surface area contributed by atoms with Crippen molar-refractivity contribution in [3.63, 3.8) is 0 Å². The van der Waals surface area contributed by atoms with Crippen molar-refractivity contribution in [1.82, 2.24) is 19.9 Å². The van der Waals surface area contributed by atoms with Gasteiger partial charge in [0, 0.05) is 44.4 Å². The Kier molecular flexibility index (Phi) is 4.22. The topological polar surface area (TPSA) is 51.6 Å².